The van der Waals surface area contributed by atoms with Crippen molar-refractivity contribution in [3.63, 3.8) is 0 Å². The molecule has 5 heteroatoms. The van der Waals surface area contributed by atoms with Crippen LogP contribution in [0.15, 0.2) is 35.3 Å². The molecule has 4 nitrogen and oxygen atoms in total. The van der Waals surface area contributed by atoms with Gasteiger partial charge in [0.25, 0.3) is 0 Å². The van der Waals surface area contributed by atoms with Crippen LogP contribution in [0.2, 0.25) is 0 Å². The molecule has 1 aliphatic heterocycles. The molecule has 1 aliphatic rings. The van der Waals surface area contributed by atoms with Gasteiger partial charge in [0.05, 0.1) is 0 Å². The topological polar surface area (TPSA) is 39.7 Å². The molecular weight excluding hydrogens is 399 g/mol. The molecule has 0 bridgehead atoms. The van der Waals surface area contributed by atoms with Crippen LogP contribution in [0.3, 0.4) is 0 Å². The summed E-state index contributed by atoms with van der Waals surface area (Å²) in [5, 5.41) is 6.93. The van der Waals surface area contributed by atoms with Crippen molar-refractivity contribution in [3.8, 4) is 0 Å². The quantitative estimate of drug-likeness (QED) is 0.428. The Balaban J connectivity index is 0.00000264. The molecule has 2 rings (SSSR count). The normalized spacial score (nSPS) is 22.3. The van der Waals surface area contributed by atoms with Gasteiger partial charge in [-0.05, 0) is 31.7 Å². The molecule has 0 radical (unpaired) electrons. The van der Waals surface area contributed by atoms with Gasteiger partial charge in [-0.15, -0.1) is 24.0 Å². The summed E-state index contributed by atoms with van der Waals surface area (Å²) in [5.74, 6) is 0.940. The van der Waals surface area contributed by atoms with Crippen LogP contribution in [0.5, 0.6) is 0 Å². The lowest BCUT2D eigenvalue weighted by Crippen LogP contribution is -2.51. The third-order valence-electron chi connectivity index (χ3n) is 4.35. The Morgan fingerprint density at radius 2 is 2.04 bits per heavy atom. The van der Waals surface area contributed by atoms with Gasteiger partial charge in [-0.1, -0.05) is 37.3 Å². The number of benzene rings is 1. The van der Waals surface area contributed by atoms with Gasteiger partial charge < -0.3 is 10.6 Å². The van der Waals surface area contributed by atoms with Crippen molar-refractivity contribution in [1.29, 1.82) is 0 Å². The first-order chi connectivity index (χ1) is 10.7. The Bertz CT molecular complexity index is 463. The van der Waals surface area contributed by atoms with Crippen molar-refractivity contribution < 1.29 is 0 Å². The molecule has 1 saturated heterocycles. The smallest absolute Gasteiger partial charge is 0.191 e. The van der Waals surface area contributed by atoms with Crippen LogP contribution in [0.4, 0.5) is 0 Å². The van der Waals surface area contributed by atoms with Gasteiger partial charge in [0, 0.05) is 38.8 Å². The first kappa shape index (κ1) is 20.2. The summed E-state index contributed by atoms with van der Waals surface area (Å²) in [5.41, 5.74) is 1.40. The van der Waals surface area contributed by atoms with E-state index in [9.17, 15) is 0 Å². The maximum absolute atomic E-state index is 4.31. The summed E-state index contributed by atoms with van der Waals surface area (Å²) < 4.78 is 0. The fourth-order valence-corrected chi connectivity index (χ4v) is 3.04. The molecule has 0 aliphatic carbocycles. The van der Waals surface area contributed by atoms with E-state index in [1.54, 1.807) is 0 Å². The Labute approximate surface area is 158 Å². The van der Waals surface area contributed by atoms with E-state index in [-0.39, 0.29) is 24.0 Å². The lowest BCUT2D eigenvalue weighted by molar-refractivity contribution is 0.134. The van der Waals surface area contributed by atoms with Crippen LogP contribution in [-0.2, 0) is 6.54 Å². The van der Waals surface area contributed by atoms with Gasteiger partial charge >= 0.3 is 0 Å². The van der Waals surface area contributed by atoms with E-state index < -0.39 is 0 Å². The van der Waals surface area contributed by atoms with Crippen molar-refractivity contribution in [2.24, 2.45) is 4.99 Å². The highest BCUT2D eigenvalue weighted by Crippen LogP contribution is 2.19. The molecule has 130 valence electrons. The molecule has 0 spiro atoms. The summed E-state index contributed by atoms with van der Waals surface area (Å²) in [6.07, 6.45) is 3.45. The summed E-state index contributed by atoms with van der Waals surface area (Å²) in [4.78, 5) is 6.89. The number of hydrogen-bond acceptors (Lipinski definition) is 2. The molecule has 1 aromatic rings. The van der Waals surface area contributed by atoms with Crippen LogP contribution >= 0.6 is 24.0 Å². The minimum Gasteiger partial charge on any atom is -0.356 e. The summed E-state index contributed by atoms with van der Waals surface area (Å²) in [7, 11) is 1.85. The van der Waals surface area contributed by atoms with Crippen LogP contribution < -0.4 is 10.6 Å². The number of likely N-dealkylation sites (tertiary alicyclic amines) is 1. The second-order valence-electron chi connectivity index (χ2n) is 6.17. The number of rotatable bonds is 5. The van der Waals surface area contributed by atoms with Gasteiger partial charge in [-0.25, -0.2) is 0 Å². The highest BCUT2D eigenvalue weighted by Gasteiger charge is 2.25. The van der Waals surface area contributed by atoms with Crippen LogP contribution in [0.25, 0.3) is 0 Å². The monoisotopic (exact) mass is 430 g/mol. The highest BCUT2D eigenvalue weighted by molar-refractivity contribution is 14.0. The molecular formula is C18H31IN4. The molecule has 2 N–H and O–H groups in total. The van der Waals surface area contributed by atoms with Crippen molar-refractivity contribution in [2.45, 2.75) is 51.7 Å². The minimum atomic E-state index is 0. The lowest BCUT2D eigenvalue weighted by atomic mass is 9.97. The second-order valence-corrected chi connectivity index (χ2v) is 6.17. The summed E-state index contributed by atoms with van der Waals surface area (Å²) >= 11 is 0. The summed E-state index contributed by atoms with van der Waals surface area (Å²) in [6.45, 7) is 7.67. The van der Waals surface area contributed by atoms with Crippen LogP contribution in [0, 0.1) is 0 Å². The van der Waals surface area contributed by atoms with E-state index >= 15 is 0 Å². The van der Waals surface area contributed by atoms with Crippen molar-refractivity contribution in [3.05, 3.63) is 35.9 Å². The fraction of sp³-hybridized carbons (Fsp3) is 0.611. The number of hydrogen-bond donors (Lipinski definition) is 2. The zero-order valence-corrected chi connectivity index (χ0v) is 16.9. The zero-order valence-electron chi connectivity index (χ0n) is 14.6. The lowest BCUT2D eigenvalue weighted by Gasteiger charge is -2.38. The van der Waals surface area contributed by atoms with E-state index in [1.165, 1.54) is 18.4 Å². The highest BCUT2D eigenvalue weighted by atomic mass is 127. The molecule has 2 atom stereocenters. The SMILES string of the molecule is CCCNC(=NC)NC1CCN(Cc2ccccc2)C(C)C1.I. The molecule has 1 aromatic carbocycles. The average Bonchev–Trinajstić information content (AvgIpc) is 2.55. The Kier molecular flexibility index (Phi) is 9.55. The first-order valence-electron chi connectivity index (χ1n) is 8.48. The minimum absolute atomic E-state index is 0. The Morgan fingerprint density at radius 3 is 2.65 bits per heavy atom. The van der Waals surface area contributed by atoms with Crippen molar-refractivity contribution in [2.75, 3.05) is 20.1 Å². The molecule has 2 unspecified atom stereocenters. The number of halogens is 1. The van der Waals surface area contributed by atoms with Crippen LogP contribution in [-0.4, -0.2) is 43.1 Å². The third-order valence-corrected chi connectivity index (χ3v) is 4.35. The fourth-order valence-electron chi connectivity index (χ4n) is 3.04. The Hall–Kier alpha value is -0.820. The standard InChI is InChI=1S/C18H30N4.HI/c1-4-11-20-18(19-3)21-17-10-12-22(15(2)13-17)14-16-8-6-5-7-9-16;/h5-9,15,17H,4,10-14H2,1-3H3,(H2,19,20,21);1H. The zero-order chi connectivity index (χ0) is 15.8. The number of guanidine groups is 1. The molecule has 0 amide bonds. The average molecular weight is 430 g/mol. The maximum atomic E-state index is 4.31. The van der Waals surface area contributed by atoms with E-state index in [2.05, 4.69) is 64.7 Å². The molecule has 0 aromatic heterocycles. The third kappa shape index (κ3) is 6.67. The maximum Gasteiger partial charge on any atom is 0.191 e. The molecule has 23 heavy (non-hydrogen) atoms. The predicted molar refractivity (Wildman–Crippen MR) is 110 cm³/mol. The summed E-state index contributed by atoms with van der Waals surface area (Å²) in [6, 6.07) is 11.9. The van der Waals surface area contributed by atoms with Gasteiger partial charge in [0.2, 0.25) is 0 Å². The molecule has 0 saturated carbocycles. The van der Waals surface area contributed by atoms with E-state index in [4.69, 9.17) is 0 Å². The van der Waals surface area contributed by atoms with Crippen molar-refractivity contribution >= 4 is 29.9 Å². The van der Waals surface area contributed by atoms with E-state index in [1.807, 2.05) is 7.05 Å². The van der Waals surface area contributed by atoms with Gasteiger partial charge in [-0.2, -0.15) is 0 Å². The van der Waals surface area contributed by atoms with Gasteiger partial charge in [-0.3, -0.25) is 9.89 Å². The van der Waals surface area contributed by atoms with E-state index in [0.29, 0.717) is 12.1 Å². The number of piperidine rings is 1. The molecule has 1 fully saturated rings. The predicted octanol–water partition coefficient (Wildman–Crippen LogP) is 3.23. The van der Waals surface area contributed by atoms with Crippen LogP contribution in [0.1, 0.15) is 38.7 Å². The van der Waals surface area contributed by atoms with E-state index in [0.717, 1.165) is 32.0 Å². The first-order valence-corrected chi connectivity index (χ1v) is 8.48. The van der Waals surface area contributed by atoms with Gasteiger partial charge in [0.1, 0.15) is 0 Å². The molecule has 1 heterocycles. The number of nitrogens with one attached hydrogen (secondary N) is 2. The Morgan fingerprint density at radius 1 is 1.30 bits per heavy atom. The van der Waals surface area contributed by atoms with Gasteiger partial charge in [0.15, 0.2) is 5.96 Å². The second kappa shape index (κ2) is 10.9. The number of aliphatic imine (C=N–C) groups is 1. The van der Waals surface area contributed by atoms with Crippen molar-refractivity contribution in [1.82, 2.24) is 15.5 Å². The number of nitrogens with zero attached hydrogens (tertiary/aromatic N) is 2. The largest absolute Gasteiger partial charge is 0.356 e.